The van der Waals surface area contributed by atoms with E-state index < -0.39 is 5.79 Å². The van der Waals surface area contributed by atoms with Crippen LogP contribution in [0.2, 0.25) is 5.02 Å². The molecule has 4 nitrogen and oxygen atoms in total. The van der Waals surface area contributed by atoms with Crippen LogP contribution < -0.4 is 0 Å². The zero-order chi connectivity index (χ0) is 19.0. The fourth-order valence-electron chi connectivity index (χ4n) is 3.63. The summed E-state index contributed by atoms with van der Waals surface area (Å²) in [4.78, 5) is 19.5. The molecule has 0 radical (unpaired) electrons. The second-order valence-electron chi connectivity index (χ2n) is 6.63. The number of alkyl halides is 1. The van der Waals surface area contributed by atoms with E-state index in [1.54, 1.807) is 52.6 Å². The third-order valence-corrected chi connectivity index (χ3v) is 6.23. The van der Waals surface area contributed by atoms with Crippen LogP contribution in [0.5, 0.6) is 0 Å². The van der Waals surface area contributed by atoms with Crippen LogP contribution in [0.25, 0.3) is 10.2 Å². The summed E-state index contributed by atoms with van der Waals surface area (Å²) in [6.45, 7) is 3.40. The molecule has 1 fully saturated rings. The topological polar surface area (TPSA) is 36.4 Å². The van der Waals surface area contributed by atoms with E-state index in [1.165, 1.54) is 11.3 Å². The number of hydrogen-bond donors (Lipinski definition) is 0. The van der Waals surface area contributed by atoms with Crippen molar-refractivity contribution in [2.75, 3.05) is 26.2 Å². The Kier molecular flexibility index (Phi) is 4.88. The molecule has 1 unspecified atom stereocenters. The molecular formula is C20H19ClFN3OS. The largest absolute Gasteiger partial charge is 0.340 e. The Labute approximate surface area is 166 Å². The minimum atomic E-state index is -1.88. The van der Waals surface area contributed by atoms with Gasteiger partial charge in [-0.2, -0.15) is 0 Å². The lowest BCUT2D eigenvalue weighted by Gasteiger charge is -2.43. The Balaban J connectivity index is 1.80. The number of piperazine rings is 1. The van der Waals surface area contributed by atoms with Crippen LogP contribution in [0.3, 0.4) is 0 Å². The molecule has 1 aliphatic heterocycles. The maximum absolute atomic E-state index is 16.9. The summed E-state index contributed by atoms with van der Waals surface area (Å²) >= 11 is 7.90. The molecule has 0 spiro atoms. The second-order valence-corrected chi connectivity index (χ2v) is 7.92. The van der Waals surface area contributed by atoms with Crippen LogP contribution in [-0.2, 0) is 10.6 Å². The average molecular weight is 404 g/mol. The summed E-state index contributed by atoms with van der Waals surface area (Å²) < 4.78 is 17.8. The van der Waals surface area contributed by atoms with Crippen molar-refractivity contribution in [1.29, 1.82) is 0 Å². The molecule has 140 valence electrons. The maximum Gasteiger partial charge on any atom is 0.219 e. The molecule has 2 heterocycles. The van der Waals surface area contributed by atoms with E-state index in [0.717, 1.165) is 10.2 Å². The molecule has 1 saturated heterocycles. The van der Waals surface area contributed by atoms with Crippen molar-refractivity contribution in [3.8, 4) is 0 Å². The van der Waals surface area contributed by atoms with Gasteiger partial charge in [-0.05, 0) is 18.2 Å². The first-order chi connectivity index (χ1) is 13.0. The van der Waals surface area contributed by atoms with Gasteiger partial charge >= 0.3 is 0 Å². The molecule has 1 atom stereocenters. The summed E-state index contributed by atoms with van der Waals surface area (Å²) in [5.74, 6) is -1.86. The molecule has 0 saturated carbocycles. The first-order valence-electron chi connectivity index (χ1n) is 8.78. The summed E-state index contributed by atoms with van der Waals surface area (Å²) in [6.07, 6.45) is 0. The van der Waals surface area contributed by atoms with E-state index in [-0.39, 0.29) is 5.91 Å². The lowest BCUT2D eigenvalue weighted by atomic mass is 9.93. The van der Waals surface area contributed by atoms with Gasteiger partial charge in [0.1, 0.15) is 0 Å². The molecule has 2 aromatic carbocycles. The maximum atomic E-state index is 16.9. The number of amides is 1. The lowest BCUT2D eigenvalue weighted by Crippen LogP contribution is -2.55. The highest BCUT2D eigenvalue weighted by atomic mass is 35.5. The standard InChI is InChI=1S/C20H19ClFN3OS/c1-14(26)24-8-10-25(11-9-24)20(22,16-4-2-3-5-17(16)21)15-6-7-18-19(12-15)27-13-23-18/h2-7,12-13H,8-11H2,1H3. The Hall–Kier alpha value is -2.02. The molecule has 7 heteroatoms. The van der Waals surface area contributed by atoms with E-state index in [4.69, 9.17) is 11.6 Å². The number of rotatable bonds is 3. The van der Waals surface area contributed by atoms with E-state index >= 15 is 4.39 Å². The minimum Gasteiger partial charge on any atom is -0.340 e. The van der Waals surface area contributed by atoms with E-state index in [1.807, 2.05) is 12.1 Å². The van der Waals surface area contributed by atoms with Gasteiger partial charge in [0.25, 0.3) is 0 Å². The number of hydrogen-bond acceptors (Lipinski definition) is 4. The number of halogens is 2. The molecule has 1 aromatic heterocycles. The van der Waals surface area contributed by atoms with E-state index in [0.29, 0.717) is 42.3 Å². The van der Waals surface area contributed by atoms with Gasteiger partial charge in [0.05, 0.1) is 15.7 Å². The third kappa shape index (κ3) is 3.22. The Morgan fingerprint density at radius 1 is 1.19 bits per heavy atom. The van der Waals surface area contributed by atoms with Crippen molar-refractivity contribution in [2.45, 2.75) is 12.7 Å². The molecule has 0 N–H and O–H groups in total. The van der Waals surface area contributed by atoms with Crippen molar-refractivity contribution < 1.29 is 9.18 Å². The minimum absolute atomic E-state index is 0.0166. The highest BCUT2D eigenvalue weighted by molar-refractivity contribution is 7.16. The van der Waals surface area contributed by atoms with Gasteiger partial charge in [0, 0.05) is 49.3 Å². The molecule has 3 aromatic rings. The summed E-state index contributed by atoms with van der Waals surface area (Å²) in [5.41, 5.74) is 3.57. The Morgan fingerprint density at radius 2 is 1.93 bits per heavy atom. The van der Waals surface area contributed by atoms with E-state index in [2.05, 4.69) is 4.98 Å². The first-order valence-corrected chi connectivity index (χ1v) is 10.0. The summed E-state index contributed by atoms with van der Waals surface area (Å²) in [6, 6.07) is 12.5. The van der Waals surface area contributed by atoms with Gasteiger partial charge in [-0.15, -0.1) is 11.3 Å². The molecule has 0 bridgehead atoms. The predicted octanol–water partition coefficient (Wildman–Crippen LogP) is 4.28. The van der Waals surface area contributed by atoms with Gasteiger partial charge in [-0.3, -0.25) is 9.69 Å². The fraction of sp³-hybridized carbons (Fsp3) is 0.300. The molecule has 1 aliphatic rings. The summed E-state index contributed by atoms with van der Waals surface area (Å²) in [7, 11) is 0. The van der Waals surface area contributed by atoms with Crippen LogP contribution in [0, 0.1) is 0 Å². The monoisotopic (exact) mass is 403 g/mol. The van der Waals surface area contributed by atoms with Gasteiger partial charge in [0.15, 0.2) is 0 Å². The van der Waals surface area contributed by atoms with Crippen molar-refractivity contribution in [3.63, 3.8) is 0 Å². The number of thiazole rings is 1. The SMILES string of the molecule is CC(=O)N1CCN(C(F)(c2ccc3ncsc3c2)c2ccccc2Cl)CC1. The molecular weight excluding hydrogens is 385 g/mol. The van der Waals surface area contributed by atoms with Crippen molar-refractivity contribution >= 4 is 39.1 Å². The zero-order valence-electron chi connectivity index (χ0n) is 14.9. The number of aromatic nitrogens is 1. The van der Waals surface area contributed by atoms with Crippen molar-refractivity contribution in [3.05, 3.63) is 64.1 Å². The number of carbonyl (C=O) groups is 1. The van der Waals surface area contributed by atoms with Crippen LogP contribution in [0.1, 0.15) is 18.1 Å². The highest BCUT2D eigenvalue weighted by Gasteiger charge is 2.43. The predicted molar refractivity (Wildman–Crippen MR) is 107 cm³/mol. The number of fused-ring (bicyclic) bond motifs is 1. The van der Waals surface area contributed by atoms with Gasteiger partial charge in [-0.1, -0.05) is 35.9 Å². The number of nitrogens with zero attached hydrogens (tertiary/aromatic N) is 3. The van der Waals surface area contributed by atoms with Crippen LogP contribution in [-0.4, -0.2) is 46.9 Å². The molecule has 4 rings (SSSR count). The van der Waals surface area contributed by atoms with Gasteiger partial charge < -0.3 is 4.90 Å². The van der Waals surface area contributed by atoms with Crippen molar-refractivity contribution in [2.24, 2.45) is 0 Å². The second kappa shape index (κ2) is 7.19. The Morgan fingerprint density at radius 3 is 2.63 bits per heavy atom. The van der Waals surface area contributed by atoms with Gasteiger partial charge in [0.2, 0.25) is 11.7 Å². The lowest BCUT2D eigenvalue weighted by molar-refractivity contribution is -0.133. The third-order valence-electron chi connectivity index (χ3n) is 5.11. The summed E-state index contributed by atoms with van der Waals surface area (Å²) in [5, 5.41) is 0.387. The van der Waals surface area contributed by atoms with Gasteiger partial charge in [-0.25, -0.2) is 9.37 Å². The molecule has 27 heavy (non-hydrogen) atoms. The smallest absolute Gasteiger partial charge is 0.219 e. The van der Waals surface area contributed by atoms with Crippen LogP contribution in [0.15, 0.2) is 48.0 Å². The molecule has 1 amide bonds. The normalized spacial score (nSPS) is 17.8. The highest BCUT2D eigenvalue weighted by Crippen LogP contribution is 2.42. The average Bonchev–Trinajstić information content (AvgIpc) is 3.15. The molecule has 0 aliphatic carbocycles. The van der Waals surface area contributed by atoms with Crippen LogP contribution in [0.4, 0.5) is 4.39 Å². The van der Waals surface area contributed by atoms with E-state index in [9.17, 15) is 4.79 Å². The number of benzene rings is 2. The first kappa shape index (κ1) is 18.3. The quantitative estimate of drug-likeness (QED) is 0.612. The van der Waals surface area contributed by atoms with Crippen LogP contribution >= 0.6 is 22.9 Å². The Bertz CT molecular complexity index is 986. The van der Waals surface area contributed by atoms with Crippen molar-refractivity contribution in [1.82, 2.24) is 14.8 Å². The fourth-order valence-corrected chi connectivity index (χ4v) is 4.61. The number of carbonyl (C=O) groups excluding carboxylic acids is 1. The zero-order valence-corrected chi connectivity index (χ0v) is 16.4.